The minimum absolute atomic E-state index is 0.0680. The van der Waals surface area contributed by atoms with Crippen LogP contribution in [-0.4, -0.2) is 19.6 Å². The van der Waals surface area contributed by atoms with E-state index in [0.717, 1.165) is 13.0 Å². The van der Waals surface area contributed by atoms with Crippen molar-refractivity contribution in [1.29, 1.82) is 0 Å². The average molecular weight is 184 g/mol. The van der Waals surface area contributed by atoms with Gasteiger partial charge < -0.3 is 10.6 Å². The van der Waals surface area contributed by atoms with Gasteiger partial charge in [0.1, 0.15) is 0 Å². The summed E-state index contributed by atoms with van der Waals surface area (Å²) in [7, 11) is 1.65. The second-order valence-corrected chi connectivity index (χ2v) is 4.27. The normalized spacial score (nSPS) is 19.8. The Morgan fingerprint density at radius 3 is 2.54 bits per heavy atom. The molecular formula is C10H20N2O. The molecule has 0 radical (unpaired) electrons. The fourth-order valence-corrected chi connectivity index (χ4v) is 2.04. The molecule has 3 heteroatoms. The number of hydrogen-bond acceptors (Lipinski definition) is 1. The van der Waals surface area contributed by atoms with Crippen molar-refractivity contribution in [2.75, 3.05) is 13.6 Å². The van der Waals surface area contributed by atoms with Crippen LogP contribution in [0.5, 0.6) is 0 Å². The van der Waals surface area contributed by atoms with Gasteiger partial charge in [-0.25, -0.2) is 4.79 Å². The van der Waals surface area contributed by atoms with Crippen LogP contribution in [0.4, 0.5) is 4.79 Å². The largest absolute Gasteiger partial charge is 0.341 e. The number of hydrogen-bond donors (Lipinski definition) is 2. The van der Waals surface area contributed by atoms with E-state index in [-0.39, 0.29) is 6.03 Å². The zero-order valence-electron chi connectivity index (χ0n) is 8.65. The molecule has 1 rings (SSSR count). The molecule has 0 unspecified atom stereocenters. The van der Waals surface area contributed by atoms with E-state index in [4.69, 9.17) is 0 Å². The van der Waals surface area contributed by atoms with Crippen LogP contribution in [0.3, 0.4) is 0 Å². The second-order valence-electron chi connectivity index (χ2n) is 4.27. The summed E-state index contributed by atoms with van der Waals surface area (Å²) in [6.07, 6.45) is 6.47. The first-order valence-electron chi connectivity index (χ1n) is 5.12. The second kappa shape index (κ2) is 4.49. The molecule has 0 atom stereocenters. The van der Waals surface area contributed by atoms with Crippen LogP contribution >= 0.6 is 0 Å². The molecule has 0 aromatic rings. The fourth-order valence-electron chi connectivity index (χ4n) is 2.04. The molecule has 2 amide bonds. The topological polar surface area (TPSA) is 41.1 Å². The van der Waals surface area contributed by atoms with Crippen LogP contribution in [0.2, 0.25) is 0 Å². The van der Waals surface area contributed by atoms with Crippen LogP contribution in [0.15, 0.2) is 0 Å². The van der Waals surface area contributed by atoms with Crippen LogP contribution in [0.25, 0.3) is 0 Å². The van der Waals surface area contributed by atoms with Gasteiger partial charge in [0.05, 0.1) is 0 Å². The quantitative estimate of drug-likeness (QED) is 0.691. The van der Waals surface area contributed by atoms with Gasteiger partial charge in [-0.05, 0) is 24.7 Å². The van der Waals surface area contributed by atoms with E-state index in [2.05, 4.69) is 17.6 Å². The third kappa shape index (κ3) is 3.25. The lowest BCUT2D eigenvalue weighted by Gasteiger charge is -2.23. The molecule has 0 saturated heterocycles. The molecule has 0 spiro atoms. The minimum atomic E-state index is -0.0680. The average Bonchev–Trinajstić information content (AvgIpc) is 2.52. The standard InChI is InChI=1S/C10H20N2O/c1-10(5-3-4-6-10)7-8-12-9(13)11-2/h3-8H2,1-2H3,(H2,11,12,13). The predicted octanol–water partition coefficient (Wildman–Crippen LogP) is 1.89. The lowest BCUT2D eigenvalue weighted by atomic mass is 9.85. The van der Waals surface area contributed by atoms with Crippen molar-refractivity contribution in [2.45, 2.75) is 39.0 Å². The lowest BCUT2D eigenvalue weighted by molar-refractivity contribution is 0.238. The van der Waals surface area contributed by atoms with Crippen LogP contribution in [0, 0.1) is 5.41 Å². The number of amides is 2. The molecular weight excluding hydrogens is 164 g/mol. The van der Waals surface area contributed by atoms with Gasteiger partial charge in [0.15, 0.2) is 0 Å². The third-order valence-corrected chi connectivity index (χ3v) is 3.05. The molecule has 0 heterocycles. The number of carbonyl (C=O) groups is 1. The Hall–Kier alpha value is -0.730. The van der Waals surface area contributed by atoms with E-state index < -0.39 is 0 Å². The van der Waals surface area contributed by atoms with Crippen molar-refractivity contribution in [3.63, 3.8) is 0 Å². The molecule has 0 aromatic heterocycles. The van der Waals surface area contributed by atoms with Crippen molar-refractivity contribution in [1.82, 2.24) is 10.6 Å². The van der Waals surface area contributed by atoms with Crippen LogP contribution in [-0.2, 0) is 0 Å². The van der Waals surface area contributed by atoms with E-state index in [1.54, 1.807) is 7.05 Å². The Morgan fingerprint density at radius 1 is 1.38 bits per heavy atom. The van der Waals surface area contributed by atoms with Gasteiger partial charge in [-0.15, -0.1) is 0 Å². The van der Waals surface area contributed by atoms with E-state index in [9.17, 15) is 4.79 Å². The summed E-state index contributed by atoms with van der Waals surface area (Å²) in [6, 6.07) is -0.0680. The van der Waals surface area contributed by atoms with Gasteiger partial charge in [-0.1, -0.05) is 19.8 Å². The first kappa shape index (κ1) is 10.4. The highest BCUT2D eigenvalue weighted by molar-refractivity contribution is 5.73. The van der Waals surface area contributed by atoms with Gasteiger partial charge >= 0.3 is 6.03 Å². The highest BCUT2D eigenvalue weighted by Crippen LogP contribution is 2.39. The van der Waals surface area contributed by atoms with Crippen LogP contribution in [0.1, 0.15) is 39.0 Å². The highest BCUT2D eigenvalue weighted by Gasteiger charge is 2.27. The molecule has 13 heavy (non-hydrogen) atoms. The highest BCUT2D eigenvalue weighted by atomic mass is 16.2. The van der Waals surface area contributed by atoms with E-state index in [1.807, 2.05) is 0 Å². The number of carbonyl (C=O) groups excluding carboxylic acids is 1. The van der Waals surface area contributed by atoms with Crippen molar-refractivity contribution >= 4 is 6.03 Å². The smallest absolute Gasteiger partial charge is 0.314 e. The van der Waals surface area contributed by atoms with E-state index in [0.29, 0.717) is 5.41 Å². The van der Waals surface area contributed by atoms with Crippen molar-refractivity contribution in [3.05, 3.63) is 0 Å². The Morgan fingerprint density at radius 2 is 2.00 bits per heavy atom. The first-order chi connectivity index (χ1) is 6.16. The van der Waals surface area contributed by atoms with Gasteiger partial charge in [0.2, 0.25) is 0 Å². The third-order valence-electron chi connectivity index (χ3n) is 3.05. The van der Waals surface area contributed by atoms with Crippen molar-refractivity contribution in [2.24, 2.45) is 5.41 Å². The number of nitrogens with one attached hydrogen (secondary N) is 2. The maximum atomic E-state index is 10.9. The predicted molar refractivity (Wildman–Crippen MR) is 53.7 cm³/mol. The van der Waals surface area contributed by atoms with Crippen molar-refractivity contribution < 1.29 is 4.79 Å². The molecule has 1 aliphatic rings. The zero-order chi connectivity index (χ0) is 9.73. The summed E-state index contributed by atoms with van der Waals surface area (Å²) >= 11 is 0. The number of urea groups is 1. The molecule has 76 valence electrons. The summed E-state index contributed by atoms with van der Waals surface area (Å²) in [5.41, 5.74) is 0.487. The molecule has 0 aromatic carbocycles. The van der Waals surface area contributed by atoms with E-state index >= 15 is 0 Å². The maximum absolute atomic E-state index is 10.9. The first-order valence-corrected chi connectivity index (χ1v) is 5.12. The monoisotopic (exact) mass is 184 g/mol. The number of rotatable bonds is 3. The van der Waals surface area contributed by atoms with Crippen LogP contribution < -0.4 is 10.6 Å². The summed E-state index contributed by atoms with van der Waals surface area (Å²) in [5, 5.41) is 5.39. The van der Waals surface area contributed by atoms with Gasteiger partial charge in [-0.3, -0.25) is 0 Å². The summed E-state index contributed by atoms with van der Waals surface area (Å²) in [5.74, 6) is 0. The molecule has 0 aliphatic heterocycles. The molecule has 1 saturated carbocycles. The molecule has 1 fully saturated rings. The van der Waals surface area contributed by atoms with Gasteiger partial charge in [0.25, 0.3) is 0 Å². The Labute approximate surface area is 80.3 Å². The van der Waals surface area contributed by atoms with E-state index in [1.165, 1.54) is 25.7 Å². The van der Waals surface area contributed by atoms with Crippen molar-refractivity contribution in [3.8, 4) is 0 Å². The summed E-state index contributed by atoms with van der Waals surface area (Å²) in [4.78, 5) is 10.9. The lowest BCUT2D eigenvalue weighted by Crippen LogP contribution is -2.35. The molecule has 2 N–H and O–H groups in total. The molecule has 0 bridgehead atoms. The SMILES string of the molecule is CNC(=O)NCCC1(C)CCCC1. The Bertz CT molecular complexity index is 174. The Kier molecular flexibility index (Phi) is 3.58. The summed E-state index contributed by atoms with van der Waals surface area (Å²) < 4.78 is 0. The molecule has 3 nitrogen and oxygen atoms in total. The molecule has 1 aliphatic carbocycles. The van der Waals surface area contributed by atoms with Gasteiger partial charge in [0, 0.05) is 13.6 Å². The maximum Gasteiger partial charge on any atom is 0.314 e. The Balaban J connectivity index is 2.14. The zero-order valence-corrected chi connectivity index (χ0v) is 8.65. The van der Waals surface area contributed by atoms with Gasteiger partial charge in [-0.2, -0.15) is 0 Å². The minimum Gasteiger partial charge on any atom is -0.341 e. The summed E-state index contributed by atoms with van der Waals surface area (Å²) in [6.45, 7) is 3.13. The fraction of sp³-hybridized carbons (Fsp3) is 0.900.